The number of hydrogen-bond donors (Lipinski definition) is 0. The Balaban J connectivity index is 2.07. The highest BCUT2D eigenvalue weighted by molar-refractivity contribution is 5.28. The summed E-state index contributed by atoms with van der Waals surface area (Å²) in [6.07, 6.45) is 11.4. The van der Waals surface area contributed by atoms with Crippen molar-refractivity contribution in [2.45, 2.75) is 46.0 Å². The van der Waals surface area contributed by atoms with Gasteiger partial charge in [-0.05, 0) is 77.1 Å². The molecule has 90 valence electrons. The van der Waals surface area contributed by atoms with Crippen LogP contribution in [0.25, 0.3) is 0 Å². The van der Waals surface area contributed by atoms with Crippen LogP contribution < -0.4 is 0 Å². The van der Waals surface area contributed by atoms with Crippen molar-refractivity contribution in [2.24, 2.45) is 5.41 Å². The predicted molar refractivity (Wildman–Crippen MR) is 70.5 cm³/mol. The van der Waals surface area contributed by atoms with Gasteiger partial charge in [-0.15, -0.1) is 0 Å². The molecule has 1 aliphatic heterocycles. The minimum atomic E-state index is 0.654. The second-order valence-electron chi connectivity index (χ2n) is 5.79. The maximum atomic E-state index is 2.48. The Morgan fingerprint density at radius 3 is 2.44 bits per heavy atom. The zero-order chi connectivity index (χ0) is 11.6. The maximum absolute atomic E-state index is 2.48. The lowest BCUT2D eigenvalue weighted by molar-refractivity contribution is 0.107. The molecule has 0 atom stereocenters. The minimum Gasteiger partial charge on any atom is -0.306 e. The van der Waals surface area contributed by atoms with Gasteiger partial charge in [0.15, 0.2) is 0 Å². The van der Waals surface area contributed by atoms with Crippen LogP contribution >= 0.6 is 0 Å². The summed E-state index contributed by atoms with van der Waals surface area (Å²) in [6.45, 7) is 7.06. The molecule has 2 rings (SSSR count). The first-order valence-electron chi connectivity index (χ1n) is 6.65. The molecule has 2 aliphatic rings. The van der Waals surface area contributed by atoms with Crippen molar-refractivity contribution in [3.63, 3.8) is 0 Å². The minimum absolute atomic E-state index is 0.654. The van der Waals surface area contributed by atoms with Crippen molar-refractivity contribution < 1.29 is 0 Å². The van der Waals surface area contributed by atoms with E-state index in [9.17, 15) is 0 Å². The summed E-state index contributed by atoms with van der Waals surface area (Å²) in [6, 6.07) is 0. The Bertz CT molecular complexity index is 303. The normalized spacial score (nSPS) is 26.9. The van der Waals surface area contributed by atoms with Crippen LogP contribution in [0.5, 0.6) is 0 Å². The van der Waals surface area contributed by atoms with Crippen LogP contribution in [-0.4, -0.2) is 25.0 Å². The van der Waals surface area contributed by atoms with E-state index in [4.69, 9.17) is 0 Å². The molecule has 1 nitrogen and oxygen atoms in total. The predicted octanol–water partition coefficient (Wildman–Crippen LogP) is 3.77. The fraction of sp³-hybridized carbons (Fsp3) is 0.733. The van der Waals surface area contributed by atoms with E-state index in [0.717, 1.165) is 0 Å². The molecular formula is C15H25N. The molecule has 0 radical (unpaired) electrons. The fourth-order valence-corrected chi connectivity index (χ4v) is 3.32. The topological polar surface area (TPSA) is 3.24 Å². The van der Waals surface area contributed by atoms with Gasteiger partial charge >= 0.3 is 0 Å². The molecule has 1 saturated heterocycles. The van der Waals surface area contributed by atoms with Gasteiger partial charge in [-0.1, -0.05) is 17.7 Å². The molecule has 0 saturated carbocycles. The lowest BCUT2D eigenvalue weighted by Gasteiger charge is -2.44. The van der Waals surface area contributed by atoms with Gasteiger partial charge in [-0.3, -0.25) is 0 Å². The molecule has 0 aromatic heterocycles. The zero-order valence-corrected chi connectivity index (χ0v) is 11.1. The van der Waals surface area contributed by atoms with Crippen LogP contribution in [0.3, 0.4) is 0 Å². The Morgan fingerprint density at radius 2 is 1.88 bits per heavy atom. The first-order valence-corrected chi connectivity index (χ1v) is 6.65. The molecule has 1 heteroatoms. The first kappa shape index (κ1) is 11.9. The third-order valence-electron chi connectivity index (χ3n) is 4.53. The maximum Gasteiger partial charge on any atom is -0.00164 e. The monoisotopic (exact) mass is 219 g/mol. The Morgan fingerprint density at radius 1 is 1.19 bits per heavy atom. The van der Waals surface area contributed by atoms with Gasteiger partial charge in [-0.25, -0.2) is 0 Å². The number of allylic oxidation sites excluding steroid dienone is 4. The molecule has 1 heterocycles. The summed E-state index contributed by atoms with van der Waals surface area (Å²) in [7, 11) is 2.25. The van der Waals surface area contributed by atoms with Gasteiger partial charge in [0.2, 0.25) is 0 Å². The number of likely N-dealkylation sites (tertiary alicyclic amines) is 1. The molecule has 0 aromatic carbocycles. The Hall–Kier alpha value is -0.560. The average molecular weight is 219 g/mol. The smallest absolute Gasteiger partial charge is 0.00164 e. The van der Waals surface area contributed by atoms with E-state index >= 15 is 0 Å². The standard InChI is InChI=1S/C15H25N/c1-4-5-14-6-7-15(12-13(14)2)8-10-16(3)11-9-15/h4-5H,6-12H2,1-3H3/b5-4-. The van der Waals surface area contributed by atoms with Crippen LogP contribution in [0.15, 0.2) is 23.3 Å². The third kappa shape index (κ3) is 2.40. The first-order chi connectivity index (χ1) is 7.65. The van der Waals surface area contributed by atoms with Gasteiger partial charge in [0.25, 0.3) is 0 Å². The van der Waals surface area contributed by atoms with E-state index in [1.807, 2.05) is 0 Å². The number of hydrogen-bond acceptors (Lipinski definition) is 1. The molecule has 1 spiro atoms. The van der Waals surface area contributed by atoms with Crippen molar-refractivity contribution in [1.82, 2.24) is 4.90 Å². The van der Waals surface area contributed by atoms with Crippen molar-refractivity contribution in [3.8, 4) is 0 Å². The van der Waals surface area contributed by atoms with Gasteiger partial charge in [0, 0.05) is 0 Å². The van der Waals surface area contributed by atoms with E-state index in [0.29, 0.717) is 5.41 Å². The van der Waals surface area contributed by atoms with Gasteiger partial charge < -0.3 is 4.90 Å². The summed E-state index contributed by atoms with van der Waals surface area (Å²) < 4.78 is 0. The van der Waals surface area contributed by atoms with Crippen LogP contribution in [0.4, 0.5) is 0 Å². The lowest BCUT2D eigenvalue weighted by Crippen LogP contribution is -2.39. The second-order valence-corrected chi connectivity index (χ2v) is 5.79. The SMILES string of the molecule is C/C=C\C1=C(C)CC2(CC1)CCN(C)CC2. The molecule has 16 heavy (non-hydrogen) atoms. The summed E-state index contributed by atoms with van der Waals surface area (Å²) in [4.78, 5) is 2.48. The van der Waals surface area contributed by atoms with Crippen molar-refractivity contribution in [3.05, 3.63) is 23.3 Å². The van der Waals surface area contributed by atoms with E-state index < -0.39 is 0 Å². The molecule has 0 amide bonds. The Kier molecular flexibility index (Phi) is 3.53. The molecule has 1 fully saturated rings. The third-order valence-corrected chi connectivity index (χ3v) is 4.53. The van der Waals surface area contributed by atoms with E-state index in [1.54, 1.807) is 11.1 Å². The lowest BCUT2D eigenvalue weighted by atomic mass is 9.66. The van der Waals surface area contributed by atoms with Crippen LogP contribution in [0.2, 0.25) is 0 Å². The molecule has 1 aliphatic carbocycles. The van der Waals surface area contributed by atoms with E-state index in [-0.39, 0.29) is 0 Å². The van der Waals surface area contributed by atoms with Crippen LogP contribution in [0, 0.1) is 5.41 Å². The largest absolute Gasteiger partial charge is 0.306 e. The van der Waals surface area contributed by atoms with Crippen LogP contribution in [-0.2, 0) is 0 Å². The van der Waals surface area contributed by atoms with Crippen molar-refractivity contribution in [2.75, 3.05) is 20.1 Å². The second kappa shape index (κ2) is 4.75. The van der Waals surface area contributed by atoms with Crippen molar-refractivity contribution >= 4 is 0 Å². The molecular weight excluding hydrogens is 194 g/mol. The fourth-order valence-electron chi connectivity index (χ4n) is 3.32. The molecule has 0 N–H and O–H groups in total. The summed E-state index contributed by atoms with van der Waals surface area (Å²) >= 11 is 0. The van der Waals surface area contributed by atoms with E-state index in [2.05, 4.69) is 37.9 Å². The highest BCUT2D eigenvalue weighted by atomic mass is 15.1. The number of rotatable bonds is 1. The summed E-state index contributed by atoms with van der Waals surface area (Å²) in [5.41, 5.74) is 3.91. The number of piperidine rings is 1. The average Bonchev–Trinajstić information content (AvgIpc) is 2.27. The van der Waals surface area contributed by atoms with Gasteiger partial charge in [0.05, 0.1) is 0 Å². The highest BCUT2D eigenvalue weighted by Crippen LogP contribution is 2.46. The molecule has 0 unspecified atom stereocenters. The highest BCUT2D eigenvalue weighted by Gasteiger charge is 2.36. The number of nitrogens with zero attached hydrogens (tertiary/aromatic N) is 1. The summed E-state index contributed by atoms with van der Waals surface area (Å²) in [5.74, 6) is 0. The molecule has 0 aromatic rings. The van der Waals surface area contributed by atoms with E-state index in [1.165, 1.54) is 45.2 Å². The quantitative estimate of drug-likeness (QED) is 0.649. The van der Waals surface area contributed by atoms with Gasteiger partial charge in [0.1, 0.15) is 0 Å². The van der Waals surface area contributed by atoms with Crippen molar-refractivity contribution in [1.29, 1.82) is 0 Å². The molecule has 0 bridgehead atoms. The van der Waals surface area contributed by atoms with Crippen LogP contribution in [0.1, 0.15) is 46.0 Å². The summed E-state index contributed by atoms with van der Waals surface area (Å²) in [5, 5.41) is 0. The zero-order valence-electron chi connectivity index (χ0n) is 11.1. The van der Waals surface area contributed by atoms with Gasteiger partial charge in [-0.2, -0.15) is 0 Å². The Labute approximate surface area is 100 Å².